The molecule has 120 valence electrons. The van der Waals surface area contributed by atoms with Crippen LogP contribution in [0.15, 0.2) is 0 Å². The molecule has 0 aliphatic carbocycles. The smallest absolute Gasteiger partial charge is 0.213 e. The number of fused-ring (bicyclic) bond motifs is 1. The van der Waals surface area contributed by atoms with E-state index in [1.54, 1.807) is 14.1 Å². The standard InChI is InChI=1S/C13H25N5O2S/c1-4-12-15-13-7-6-11(10-18(13)16-12)14-8-5-9-21(19,20)17(2)3/h11,14H,4-10H2,1-3H3/t11-/m0/s1. The molecule has 0 fully saturated rings. The molecule has 0 spiro atoms. The van der Waals surface area contributed by atoms with Gasteiger partial charge in [-0.05, 0) is 19.4 Å². The SMILES string of the molecule is CCc1nc2n(n1)C[C@@H](NCCCS(=O)(=O)N(C)C)CC2. The molecule has 2 rings (SSSR count). The van der Waals surface area contributed by atoms with Crippen LogP contribution in [0.25, 0.3) is 0 Å². The van der Waals surface area contributed by atoms with Crippen LogP contribution >= 0.6 is 0 Å². The fraction of sp³-hybridized carbons (Fsp3) is 0.846. The normalized spacial score (nSPS) is 19.0. The van der Waals surface area contributed by atoms with Crippen LogP contribution in [0.3, 0.4) is 0 Å². The summed E-state index contributed by atoms with van der Waals surface area (Å²) in [5.74, 6) is 2.16. The Hall–Kier alpha value is -0.990. The highest BCUT2D eigenvalue weighted by atomic mass is 32.2. The predicted molar refractivity (Wildman–Crippen MR) is 81.6 cm³/mol. The van der Waals surface area contributed by atoms with Gasteiger partial charge >= 0.3 is 0 Å². The van der Waals surface area contributed by atoms with Gasteiger partial charge in [0, 0.05) is 33.0 Å². The summed E-state index contributed by atoms with van der Waals surface area (Å²) in [5, 5.41) is 7.90. The van der Waals surface area contributed by atoms with Gasteiger partial charge < -0.3 is 5.32 Å². The fourth-order valence-corrected chi connectivity index (χ4v) is 3.29. The molecule has 2 heterocycles. The summed E-state index contributed by atoms with van der Waals surface area (Å²) in [6.45, 7) is 3.59. The van der Waals surface area contributed by atoms with E-state index in [9.17, 15) is 8.42 Å². The Morgan fingerprint density at radius 2 is 2.19 bits per heavy atom. The molecule has 0 saturated carbocycles. The lowest BCUT2D eigenvalue weighted by atomic mass is 10.1. The molecule has 0 bridgehead atoms. The molecule has 0 radical (unpaired) electrons. The van der Waals surface area contributed by atoms with Crippen molar-refractivity contribution in [2.24, 2.45) is 0 Å². The van der Waals surface area contributed by atoms with Gasteiger partial charge in [0.2, 0.25) is 10.0 Å². The number of hydrogen-bond acceptors (Lipinski definition) is 5. The highest BCUT2D eigenvalue weighted by Crippen LogP contribution is 2.13. The highest BCUT2D eigenvalue weighted by Gasteiger charge is 2.21. The summed E-state index contributed by atoms with van der Waals surface area (Å²) >= 11 is 0. The van der Waals surface area contributed by atoms with E-state index in [0.29, 0.717) is 19.0 Å². The Morgan fingerprint density at radius 1 is 1.43 bits per heavy atom. The first-order valence-corrected chi connectivity index (χ1v) is 9.09. The average molecular weight is 315 g/mol. The Bertz CT molecular complexity index is 567. The van der Waals surface area contributed by atoms with Crippen LogP contribution in [0, 0.1) is 0 Å². The zero-order valence-corrected chi connectivity index (χ0v) is 13.9. The zero-order valence-electron chi connectivity index (χ0n) is 13.0. The summed E-state index contributed by atoms with van der Waals surface area (Å²) in [6, 6.07) is 0.353. The van der Waals surface area contributed by atoms with E-state index in [0.717, 1.165) is 37.5 Å². The predicted octanol–water partition coefficient (Wildman–Crippen LogP) is 0.0264. The number of hydrogen-bond donors (Lipinski definition) is 1. The maximum atomic E-state index is 11.7. The van der Waals surface area contributed by atoms with E-state index in [2.05, 4.69) is 22.3 Å². The first kappa shape index (κ1) is 16.4. The molecule has 1 aliphatic heterocycles. The van der Waals surface area contributed by atoms with Gasteiger partial charge in [0.1, 0.15) is 5.82 Å². The van der Waals surface area contributed by atoms with Crippen molar-refractivity contribution in [3.05, 3.63) is 11.6 Å². The maximum absolute atomic E-state index is 11.7. The topological polar surface area (TPSA) is 80.1 Å². The molecule has 8 heteroatoms. The molecule has 0 amide bonds. The van der Waals surface area contributed by atoms with Gasteiger partial charge in [-0.3, -0.25) is 0 Å². The second-order valence-electron chi connectivity index (χ2n) is 5.62. The van der Waals surface area contributed by atoms with E-state index in [1.807, 2.05) is 4.68 Å². The van der Waals surface area contributed by atoms with Crippen molar-refractivity contribution in [1.82, 2.24) is 24.4 Å². The fourth-order valence-electron chi connectivity index (χ4n) is 2.42. The Labute approximate surface area is 126 Å². The van der Waals surface area contributed by atoms with E-state index >= 15 is 0 Å². The maximum Gasteiger partial charge on any atom is 0.213 e. The molecule has 0 unspecified atom stereocenters. The van der Waals surface area contributed by atoms with Crippen LogP contribution < -0.4 is 5.32 Å². The van der Waals surface area contributed by atoms with E-state index in [1.165, 1.54) is 4.31 Å². The van der Waals surface area contributed by atoms with Crippen molar-refractivity contribution in [2.75, 3.05) is 26.4 Å². The van der Waals surface area contributed by atoms with Gasteiger partial charge in [-0.15, -0.1) is 0 Å². The third-order valence-corrected chi connectivity index (χ3v) is 5.70. The van der Waals surface area contributed by atoms with Gasteiger partial charge in [-0.2, -0.15) is 5.10 Å². The molecule has 1 aliphatic rings. The second-order valence-corrected chi connectivity index (χ2v) is 7.92. The number of sulfonamides is 1. The summed E-state index contributed by atoms with van der Waals surface area (Å²) in [4.78, 5) is 4.49. The van der Waals surface area contributed by atoms with Crippen LogP contribution in [-0.2, 0) is 29.4 Å². The number of nitrogens with zero attached hydrogens (tertiary/aromatic N) is 4. The van der Waals surface area contributed by atoms with Crippen LogP contribution in [-0.4, -0.2) is 59.9 Å². The van der Waals surface area contributed by atoms with Crippen LogP contribution in [0.1, 0.15) is 31.4 Å². The minimum absolute atomic E-state index is 0.189. The minimum atomic E-state index is -3.08. The Morgan fingerprint density at radius 3 is 2.86 bits per heavy atom. The van der Waals surface area contributed by atoms with E-state index < -0.39 is 10.0 Å². The Kier molecular flexibility index (Phi) is 5.34. The number of nitrogens with one attached hydrogen (secondary N) is 1. The number of aromatic nitrogens is 3. The van der Waals surface area contributed by atoms with E-state index in [4.69, 9.17) is 0 Å². The van der Waals surface area contributed by atoms with Crippen molar-refractivity contribution in [3.63, 3.8) is 0 Å². The zero-order chi connectivity index (χ0) is 15.5. The summed E-state index contributed by atoms with van der Waals surface area (Å²) in [5.41, 5.74) is 0. The average Bonchev–Trinajstić information content (AvgIpc) is 2.85. The van der Waals surface area contributed by atoms with Gasteiger partial charge in [-0.1, -0.05) is 6.92 Å². The molecule has 1 N–H and O–H groups in total. The van der Waals surface area contributed by atoms with Gasteiger partial charge in [0.25, 0.3) is 0 Å². The lowest BCUT2D eigenvalue weighted by Gasteiger charge is -2.23. The Balaban J connectivity index is 1.76. The number of aryl methyl sites for hydroxylation is 2. The molecular weight excluding hydrogens is 290 g/mol. The molecule has 0 aromatic carbocycles. The van der Waals surface area contributed by atoms with Gasteiger partial charge in [-0.25, -0.2) is 22.4 Å². The lowest BCUT2D eigenvalue weighted by molar-refractivity contribution is 0.359. The van der Waals surface area contributed by atoms with Gasteiger partial charge in [0.05, 0.1) is 12.3 Å². The van der Waals surface area contributed by atoms with Crippen molar-refractivity contribution in [1.29, 1.82) is 0 Å². The largest absolute Gasteiger partial charge is 0.312 e. The van der Waals surface area contributed by atoms with Crippen molar-refractivity contribution >= 4 is 10.0 Å². The molecule has 21 heavy (non-hydrogen) atoms. The molecular formula is C13H25N5O2S. The van der Waals surface area contributed by atoms with E-state index in [-0.39, 0.29) is 5.75 Å². The monoisotopic (exact) mass is 315 g/mol. The van der Waals surface area contributed by atoms with Crippen LogP contribution in [0.4, 0.5) is 0 Å². The first-order valence-electron chi connectivity index (χ1n) is 7.48. The van der Waals surface area contributed by atoms with Crippen LogP contribution in [0.2, 0.25) is 0 Å². The first-order chi connectivity index (χ1) is 9.92. The van der Waals surface area contributed by atoms with Crippen LogP contribution in [0.5, 0.6) is 0 Å². The van der Waals surface area contributed by atoms with Gasteiger partial charge in [0.15, 0.2) is 5.82 Å². The third kappa shape index (κ3) is 4.24. The van der Waals surface area contributed by atoms with Crippen molar-refractivity contribution in [3.8, 4) is 0 Å². The third-order valence-electron chi connectivity index (χ3n) is 3.79. The molecule has 1 aromatic rings. The quantitative estimate of drug-likeness (QED) is 0.718. The van der Waals surface area contributed by atoms with Crippen molar-refractivity contribution < 1.29 is 8.42 Å². The summed E-state index contributed by atoms with van der Waals surface area (Å²) in [6.07, 6.45) is 3.45. The molecule has 1 atom stereocenters. The summed E-state index contributed by atoms with van der Waals surface area (Å²) in [7, 11) is 0.0577. The number of rotatable bonds is 7. The molecule has 0 saturated heterocycles. The second kappa shape index (κ2) is 6.85. The lowest BCUT2D eigenvalue weighted by Crippen LogP contribution is -2.39. The van der Waals surface area contributed by atoms with Crippen molar-refractivity contribution in [2.45, 2.75) is 45.2 Å². The molecule has 1 aromatic heterocycles. The minimum Gasteiger partial charge on any atom is -0.312 e. The molecule has 7 nitrogen and oxygen atoms in total. The summed E-state index contributed by atoms with van der Waals surface area (Å²) < 4.78 is 26.6. The highest BCUT2D eigenvalue weighted by molar-refractivity contribution is 7.89.